The fourth-order valence-corrected chi connectivity index (χ4v) is 5.86. The van der Waals surface area contributed by atoms with E-state index in [1.807, 2.05) is 18.2 Å². The molecule has 0 saturated carbocycles. The maximum absolute atomic E-state index is 14.0. The number of carboxylic acid groups (broad SMARTS) is 1. The summed E-state index contributed by atoms with van der Waals surface area (Å²) in [7, 11) is -1.98. The lowest BCUT2D eigenvalue weighted by Gasteiger charge is -2.34. The first-order valence-electron chi connectivity index (χ1n) is 11.6. The van der Waals surface area contributed by atoms with Crippen molar-refractivity contribution >= 4 is 44.2 Å². The number of carbonyl (C=O) groups is 1. The van der Waals surface area contributed by atoms with Crippen LogP contribution in [0.4, 0.5) is 21.7 Å². The number of hydrogen-bond acceptors (Lipinski definition) is 7. The zero-order chi connectivity index (χ0) is 26.2. The van der Waals surface area contributed by atoms with E-state index in [0.29, 0.717) is 48.6 Å². The van der Waals surface area contributed by atoms with Gasteiger partial charge in [-0.25, -0.2) is 17.8 Å². The summed E-state index contributed by atoms with van der Waals surface area (Å²) in [6.07, 6.45) is 1.72. The number of anilines is 3. The molecule has 0 aliphatic carbocycles. The molecule has 2 aromatic heterocycles. The Morgan fingerprint density at radius 3 is 2.43 bits per heavy atom. The number of aromatic nitrogens is 3. The zero-order valence-corrected chi connectivity index (χ0v) is 20.8. The minimum absolute atomic E-state index is 0.170. The van der Waals surface area contributed by atoms with Gasteiger partial charge in [0.2, 0.25) is 10.0 Å². The van der Waals surface area contributed by atoms with E-state index in [0.717, 1.165) is 5.82 Å². The Morgan fingerprint density at radius 1 is 1.05 bits per heavy atom. The van der Waals surface area contributed by atoms with Crippen molar-refractivity contribution in [2.45, 2.75) is 11.4 Å². The lowest BCUT2D eigenvalue weighted by molar-refractivity contribution is -0.137. The van der Waals surface area contributed by atoms with Gasteiger partial charge in [-0.15, -0.1) is 0 Å². The Hall–Kier alpha value is -4.03. The summed E-state index contributed by atoms with van der Waals surface area (Å²) in [6.45, 7) is 1.40. The quantitative estimate of drug-likeness (QED) is 0.393. The average molecular weight is 525 g/mol. The van der Waals surface area contributed by atoms with E-state index in [4.69, 9.17) is 0 Å². The van der Waals surface area contributed by atoms with Crippen LogP contribution in [-0.2, 0) is 21.4 Å². The van der Waals surface area contributed by atoms with Gasteiger partial charge >= 0.3 is 5.97 Å². The first kappa shape index (κ1) is 24.7. The monoisotopic (exact) mass is 524 g/mol. The Kier molecular flexibility index (Phi) is 6.52. The molecule has 1 aliphatic rings. The maximum Gasteiger partial charge on any atom is 0.325 e. The van der Waals surface area contributed by atoms with Crippen LogP contribution in [0.3, 0.4) is 0 Å². The molecule has 1 N–H and O–H groups in total. The SMILES string of the molecule is CN(c1ccc(S(=O)(=O)N2CCN(c3ccccn3)CC2)cc1)c1nn(CC(=O)O)c2ccc(F)cc12. The van der Waals surface area contributed by atoms with Crippen LogP contribution < -0.4 is 9.80 Å². The molecule has 0 spiro atoms. The summed E-state index contributed by atoms with van der Waals surface area (Å²) < 4.78 is 43.3. The molecule has 10 nitrogen and oxygen atoms in total. The minimum Gasteiger partial charge on any atom is -0.480 e. The van der Waals surface area contributed by atoms with E-state index in [2.05, 4.69) is 15.0 Å². The molecule has 37 heavy (non-hydrogen) atoms. The van der Waals surface area contributed by atoms with E-state index >= 15 is 0 Å². The van der Waals surface area contributed by atoms with Crippen molar-refractivity contribution < 1.29 is 22.7 Å². The van der Waals surface area contributed by atoms with Gasteiger partial charge in [0, 0.05) is 50.5 Å². The summed E-state index contributed by atoms with van der Waals surface area (Å²) in [5.41, 5.74) is 1.10. The molecule has 192 valence electrons. The van der Waals surface area contributed by atoms with Crippen LogP contribution >= 0.6 is 0 Å². The fourth-order valence-electron chi connectivity index (χ4n) is 4.44. The lowest BCUT2D eigenvalue weighted by Crippen LogP contribution is -2.48. The van der Waals surface area contributed by atoms with Crippen molar-refractivity contribution in [1.82, 2.24) is 19.1 Å². The zero-order valence-electron chi connectivity index (χ0n) is 20.0. The lowest BCUT2D eigenvalue weighted by atomic mass is 10.2. The molecule has 3 heterocycles. The third-order valence-corrected chi connectivity index (χ3v) is 8.28. The second-order valence-electron chi connectivity index (χ2n) is 8.67. The van der Waals surface area contributed by atoms with E-state index in [1.54, 1.807) is 30.3 Å². The molecular formula is C25H25FN6O4S. The summed E-state index contributed by atoms with van der Waals surface area (Å²) in [6, 6.07) is 16.1. The van der Waals surface area contributed by atoms with Gasteiger partial charge in [-0.2, -0.15) is 9.40 Å². The van der Waals surface area contributed by atoms with Crippen molar-refractivity contribution in [3.63, 3.8) is 0 Å². The van der Waals surface area contributed by atoms with Crippen LogP contribution in [0.25, 0.3) is 10.9 Å². The molecule has 2 aromatic carbocycles. The predicted molar refractivity (Wildman–Crippen MR) is 137 cm³/mol. The first-order valence-corrected chi connectivity index (χ1v) is 13.1. The standard InChI is InChI=1S/C25H25FN6O4S/c1-29(25-21-16-18(26)5-10-22(21)32(28-25)17-24(33)34)19-6-8-20(9-7-19)37(35,36)31-14-12-30(13-15-31)23-4-2-3-11-27-23/h2-11,16H,12-15,17H2,1H3,(H,33,34). The Morgan fingerprint density at radius 2 is 1.78 bits per heavy atom. The molecule has 1 aliphatic heterocycles. The highest BCUT2D eigenvalue weighted by Crippen LogP contribution is 2.32. The molecule has 0 bridgehead atoms. The highest BCUT2D eigenvalue weighted by atomic mass is 32.2. The van der Waals surface area contributed by atoms with Gasteiger partial charge < -0.3 is 14.9 Å². The van der Waals surface area contributed by atoms with Crippen molar-refractivity contribution in [3.05, 3.63) is 72.7 Å². The van der Waals surface area contributed by atoms with E-state index < -0.39 is 21.8 Å². The molecule has 1 fully saturated rings. The maximum atomic E-state index is 14.0. The number of rotatable bonds is 7. The topological polar surface area (TPSA) is 112 Å². The number of fused-ring (bicyclic) bond motifs is 1. The first-order chi connectivity index (χ1) is 17.7. The largest absolute Gasteiger partial charge is 0.480 e. The molecule has 4 aromatic rings. The number of nitrogens with zero attached hydrogens (tertiary/aromatic N) is 6. The van der Waals surface area contributed by atoms with Gasteiger partial charge in [0.25, 0.3) is 0 Å². The van der Waals surface area contributed by atoms with Crippen molar-refractivity contribution in [1.29, 1.82) is 0 Å². The van der Waals surface area contributed by atoms with Crippen LogP contribution in [0.2, 0.25) is 0 Å². The van der Waals surface area contributed by atoms with Gasteiger partial charge in [-0.3, -0.25) is 9.48 Å². The van der Waals surface area contributed by atoms with Gasteiger partial charge in [-0.1, -0.05) is 6.07 Å². The second kappa shape index (κ2) is 9.79. The van der Waals surface area contributed by atoms with Gasteiger partial charge in [-0.05, 0) is 54.6 Å². The third-order valence-electron chi connectivity index (χ3n) is 6.37. The molecule has 0 atom stereocenters. The number of piperazine rings is 1. The summed E-state index contributed by atoms with van der Waals surface area (Å²) in [4.78, 5) is 19.5. The highest BCUT2D eigenvalue weighted by Gasteiger charge is 2.29. The van der Waals surface area contributed by atoms with Crippen LogP contribution in [0, 0.1) is 5.82 Å². The van der Waals surface area contributed by atoms with Crippen molar-refractivity contribution in [2.24, 2.45) is 0 Å². The van der Waals surface area contributed by atoms with Crippen LogP contribution in [-0.4, -0.2) is 71.8 Å². The third kappa shape index (κ3) is 4.85. The molecule has 12 heteroatoms. The van der Waals surface area contributed by atoms with Crippen molar-refractivity contribution in [2.75, 3.05) is 43.0 Å². The fraction of sp³-hybridized carbons (Fsp3) is 0.240. The Bertz CT molecular complexity index is 1530. The molecular weight excluding hydrogens is 499 g/mol. The van der Waals surface area contributed by atoms with Crippen LogP contribution in [0.5, 0.6) is 0 Å². The normalized spacial score (nSPS) is 14.7. The number of benzene rings is 2. The number of hydrogen-bond donors (Lipinski definition) is 1. The average Bonchev–Trinajstić information content (AvgIpc) is 3.25. The summed E-state index contributed by atoms with van der Waals surface area (Å²) >= 11 is 0. The van der Waals surface area contributed by atoms with Crippen LogP contribution in [0.1, 0.15) is 0 Å². The number of halogens is 1. The highest BCUT2D eigenvalue weighted by molar-refractivity contribution is 7.89. The molecule has 0 radical (unpaired) electrons. The number of aliphatic carboxylic acids is 1. The number of sulfonamides is 1. The molecule has 5 rings (SSSR count). The van der Waals surface area contributed by atoms with Gasteiger partial charge in [0.1, 0.15) is 18.2 Å². The second-order valence-corrected chi connectivity index (χ2v) is 10.6. The summed E-state index contributed by atoms with van der Waals surface area (Å²) in [5.74, 6) is -0.359. The number of carboxylic acids is 1. The van der Waals surface area contributed by atoms with E-state index in [-0.39, 0.29) is 11.4 Å². The minimum atomic E-state index is -3.69. The van der Waals surface area contributed by atoms with Crippen LogP contribution in [0.15, 0.2) is 71.8 Å². The molecule has 0 unspecified atom stereocenters. The van der Waals surface area contributed by atoms with Crippen molar-refractivity contribution in [3.8, 4) is 0 Å². The van der Waals surface area contributed by atoms with E-state index in [1.165, 1.54) is 39.3 Å². The Labute approximate surface area is 213 Å². The van der Waals surface area contributed by atoms with E-state index in [9.17, 15) is 22.7 Å². The Balaban J connectivity index is 1.35. The van der Waals surface area contributed by atoms with Gasteiger partial charge in [0.15, 0.2) is 5.82 Å². The number of pyridine rings is 1. The molecule has 0 amide bonds. The predicted octanol–water partition coefficient (Wildman–Crippen LogP) is 2.93. The smallest absolute Gasteiger partial charge is 0.325 e. The summed E-state index contributed by atoms with van der Waals surface area (Å²) in [5, 5.41) is 14.1. The van der Waals surface area contributed by atoms with Gasteiger partial charge in [0.05, 0.1) is 10.4 Å². The molecule has 1 saturated heterocycles.